The normalized spacial score (nSPS) is 25.4. The first-order valence-electron chi connectivity index (χ1n) is 8.43. The van der Waals surface area contributed by atoms with Crippen molar-refractivity contribution in [3.8, 4) is 0 Å². The standard InChI is InChI=1S/C19H27FO/c1-2-3-4-8-11-16-17(19(21)14-18(16)20)13-12-15-9-6-5-7-10-15/h5-7,9-10,16-18H,2-4,8,11-14H2,1H3/t16-,17-,18?/m1/s1. The first kappa shape index (κ1) is 16.2. The number of Topliss-reactive ketones (excluding diaryl/α,β-unsaturated/α-hetero) is 1. The van der Waals surface area contributed by atoms with Crippen LogP contribution in [0.25, 0.3) is 0 Å². The second-order valence-corrected chi connectivity index (χ2v) is 6.33. The van der Waals surface area contributed by atoms with Gasteiger partial charge in [-0.25, -0.2) is 4.39 Å². The number of benzene rings is 1. The van der Waals surface area contributed by atoms with Crippen molar-refractivity contribution < 1.29 is 9.18 Å². The Morgan fingerprint density at radius 1 is 1.10 bits per heavy atom. The maximum absolute atomic E-state index is 14.1. The quantitative estimate of drug-likeness (QED) is 0.606. The summed E-state index contributed by atoms with van der Waals surface area (Å²) in [5.74, 6) is 0.0684. The van der Waals surface area contributed by atoms with Crippen LogP contribution in [0.2, 0.25) is 0 Å². The molecular weight excluding hydrogens is 263 g/mol. The zero-order chi connectivity index (χ0) is 15.1. The number of aryl methyl sites for hydroxylation is 1. The highest BCUT2D eigenvalue weighted by atomic mass is 19.1. The van der Waals surface area contributed by atoms with Crippen LogP contribution in [0.15, 0.2) is 30.3 Å². The van der Waals surface area contributed by atoms with E-state index < -0.39 is 6.17 Å². The van der Waals surface area contributed by atoms with Crippen LogP contribution in [0.5, 0.6) is 0 Å². The third kappa shape index (κ3) is 4.66. The number of ketones is 1. The summed E-state index contributed by atoms with van der Waals surface area (Å²) in [5.41, 5.74) is 1.25. The fraction of sp³-hybridized carbons (Fsp3) is 0.632. The van der Waals surface area contributed by atoms with Crippen LogP contribution >= 0.6 is 0 Å². The highest BCUT2D eigenvalue weighted by molar-refractivity contribution is 5.84. The van der Waals surface area contributed by atoms with Gasteiger partial charge in [0.15, 0.2) is 0 Å². The average Bonchev–Trinajstić information content (AvgIpc) is 2.76. The molecule has 0 aromatic heterocycles. The molecule has 0 heterocycles. The van der Waals surface area contributed by atoms with E-state index in [9.17, 15) is 9.18 Å². The lowest BCUT2D eigenvalue weighted by molar-refractivity contribution is -0.121. The average molecular weight is 290 g/mol. The fourth-order valence-corrected chi connectivity index (χ4v) is 3.52. The minimum atomic E-state index is -0.903. The van der Waals surface area contributed by atoms with Gasteiger partial charge in [0.1, 0.15) is 12.0 Å². The molecule has 0 saturated heterocycles. The smallest absolute Gasteiger partial charge is 0.139 e. The molecule has 1 aromatic carbocycles. The Labute approximate surface area is 127 Å². The van der Waals surface area contributed by atoms with Crippen LogP contribution < -0.4 is 0 Å². The van der Waals surface area contributed by atoms with Gasteiger partial charge in [0.05, 0.1) is 0 Å². The summed E-state index contributed by atoms with van der Waals surface area (Å²) >= 11 is 0. The molecule has 0 aliphatic heterocycles. The van der Waals surface area contributed by atoms with Crippen molar-refractivity contribution in [2.45, 2.75) is 64.5 Å². The molecule has 1 nitrogen and oxygen atoms in total. The number of carbonyl (C=O) groups is 1. The fourth-order valence-electron chi connectivity index (χ4n) is 3.52. The second-order valence-electron chi connectivity index (χ2n) is 6.33. The van der Waals surface area contributed by atoms with Gasteiger partial charge in [0.25, 0.3) is 0 Å². The van der Waals surface area contributed by atoms with Gasteiger partial charge in [-0.2, -0.15) is 0 Å². The summed E-state index contributed by atoms with van der Waals surface area (Å²) < 4.78 is 14.1. The van der Waals surface area contributed by atoms with Crippen LogP contribution in [-0.4, -0.2) is 12.0 Å². The van der Waals surface area contributed by atoms with Crippen molar-refractivity contribution in [2.75, 3.05) is 0 Å². The van der Waals surface area contributed by atoms with E-state index >= 15 is 0 Å². The van der Waals surface area contributed by atoms with Crippen molar-refractivity contribution in [2.24, 2.45) is 11.8 Å². The predicted octanol–water partition coefficient (Wildman–Crippen LogP) is 5.13. The third-order valence-electron chi connectivity index (χ3n) is 4.77. The summed E-state index contributed by atoms with van der Waals surface area (Å²) in [7, 11) is 0. The first-order chi connectivity index (χ1) is 10.2. The molecule has 116 valence electrons. The van der Waals surface area contributed by atoms with Crippen LogP contribution in [0, 0.1) is 11.8 Å². The topological polar surface area (TPSA) is 17.1 Å². The Morgan fingerprint density at radius 3 is 2.57 bits per heavy atom. The number of carbonyl (C=O) groups excluding carboxylic acids is 1. The van der Waals surface area contributed by atoms with Gasteiger partial charge in [0.2, 0.25) is 0 Å². The summed E-state index contributed by atoms with van der Waals surface area (Å²) in [5, 5.41) is 0. The van der Waals surface area contributed by atoms with Gasteiger partial charge in [0, 0.05) is 18.3 Å². The molecule has 1 aliphatic rings. The van der Waals surface area contributed by atoms with E-state index in [1.54, 1.807) is 0 Å². The second kappa shape index (κ2) is 8.31. The third-order valence-corrected chi connectivity index (χ3v) is 4.77. The number of hydrogen-bond donors (Lipinski definition) is 0. The highest BCUT2D eigenvalue weighted by Crippen LogP contribution is 2.38. The molecule has 2 heteroatoms. The van der Waals surface area contributed by atoms with Crippen molar-refractivity contribution in [3.05, 3.63) is 35.9 Å². The monoisotopic (exact) mass is 290 g/mol. The van der Waals surface area contributed by atoms with Gasteiger partial charge in [-0.1, -0.05) is 62.9 Å². The van der Waals surface area contributed by atoms with E-state index in [0.29, 0.717) is 0 Å². The minimum absolute atomic E-state index is 0.0296. The Morgan fingerprint density at radius 2 is 1.86 bits per heavy atom. The molecule has 3 atom stereocenters. The maximum Gasteiger partial charge on any atom is 0.139 e. The Balaban J connectivity index is 1.86. The molecule has 0 amide bonds. The summed E-state index contributed by atoms with van der Waals surface area (Å²) in [6, 6.07) is 10.2. The van der Waals surface area contributed by atoms with Gasteiger partial charge in [-0.15, -0.1) is 0 Å². The molecule has 1 unspecified atom stereocenters. The van der Waals surface area contributed by atoms with Crippen molar-refractivity contribution in [1.29, 1.82) is 0 Å². The Kier molecular flexibility index (Phi) is 6.41. The number of alkyl halides is 1. The van der Waals surface area contributed by atoms with Crippen LogP contribution in [-0.2, 0) is 11.2 Å². The molecule has 1 fully saturated rings. The predicted molar refractivity (Wildman–Crippen MR) is 85.0 cm³/mol. The van der Waals surface area contributed by atoms with Gasteiger partial charge in [-0.3, -0.25) is 4.79 Å². The lowest BCUT2D eigenvalue weighted by Crippen LogP contribution is -2.19. The molecule has 0 bridgehead atoms. The lowest BCUT2D eigenvalue weighted by atomic mass is 9.85. The molecule has 2 rings (SSSR count). The molecule has 1 saturated carbocycles. The summed E-state index contributed by atoms with van der Waals surface area (Å²) in [4.78, 5) is 12.1. The summed E-state index contributed by atoms with van der Waals surface area (Å²) in [6.07, 6.45) is 6.46. The Hall–Kier alpha value is -1.18. The first-order valence-corrected chi connectivity index (χ1v) is 8.43. The molecule has 21 heavy (non-hydrogen) atoms. The van der Waals surface area contributed by atoms with E-state index in [4.69, 9.17) is 0 Å². The van der Waals surface area contributed by atoms with Crippen LogP contribution in [0.1, 0.15) is 57.4 Å². The molecular formula is C19H27FO. The van der Waals surface area contributed by atoms with E-state index in [1.807, 2.05) is 18.2 Å². The minimum Gasteiger partial charge on any atom is -0.299 e. The lowest BCUT2D eigenvalue weighted by Gasteiger charge is -2.20. The van der Waals surface area contributed by atoms with E-state index in [-0.39, 0.29) is 24.0 Å². The molecule has 0 radical (unpaired) electrons. The van der Waals surface area contributed by atoms with E-state index in [1.165, 1.54) is 24.8 Å². The number of unbranched alkanes of at least 4 members (excludes halogenated alkanes) is 3. The maximum atomic E-state index is 14.1. The van der Waals surface area contributed by atoms with Crippen molar-refractivity contribution >= 4 is 5.78 Å². The van der Waals surface area contributed by atoms with Crippen molar-refractivity contribution in [1.82, 2.24) is 0 Å². The van der Waals surface area contributed by atoms with E-state index in [2.05, 4.69) is 19.1 Å². The SMILES string of the molecule is CCCCCC[C@H]1C(F)CC(=O)[C@@H]1CCc1ccccc1. The largest absolute Gasteiger partial charge is 0.299 e. The number of rotatable bonds is 8. The molecule has 0 N–H and O–H groups in total. The van der Waals surface area contributed by atoms with Gasteiger partial charge < -0.3 is 0 Å². The Bertz CT molecular complexity index is 428. The molecule has 1 aliphatic carbocycles. The molecule has 0 spiro atoms. The van der Waals surface area contributed by atoms with Gasteiger partial charge >= 0.3 is 0 Å². The van der Waals surface area contributed by atoms with Crippen molar-refractivity contribution in [3.63, 3.8) is 0 Å². The molecule has 1 aromatic rings. The zero-order valence-corrected chi connectivity index (χ0v) is 13.1. The van der Waals surface area contributed by atoms with E-state index in [0.717, 1.165) is 25.7 Å². The number of hydrogen-bond acceptors (Lipinski definition) is 1. The highest BCUT2D eigenvalue weighted by Gasteiger charge is 2.41. The van der Waals surface area contributed by atoms with Gasteiger partial charge in [-0.05, 0) is 24.8 Å². The van der Waals surface area contributed by atoms with Crippen LogP contribution in [0.3, 0.4) is 0 Å². The zero-order valence-electron chi connectivity index (χ0n) is 13.1. The van der Waals surface area contributed by atoms with Crippen LogP contribution in [0.4, 0.5) is 4.39 Å². The number of halogens is 1. The summed E-state index contributed by atoms with van der Waals surface area (Å²) in [6.45, 7) is 2.18.